The molecule has 24 heavy (non-hydrogen) atoms. The summed E-state index contributed by atoms with van der Waals surface area (Å²) >= 11 is 6.01. The minimum atomic E-state index is -0.699. The van der Waals surface area contributed by atoms with E-state index in [-0.39, 0.29) is 11.3 Å². The monoisotopic (exact) mass is 353 g/mol. The third kappa shape index (κ3) is 3.13. The molecule has 1 aromatic carbocycles. The summed E-state index contributed by atoms with van der Waals surface area (Å²) in [6.07, 6.45) is 1.18. The molecule has 0 aliphatic carbocycles. The number of amides is 1. The number of ether oxygens (including phenoxy) is 2. The zero-order valence-electron chi connectivity index (χ0n) is 13.5. The molecule has 1 amide bonds. The highest BCUT2D eigenvalue weighted by Gasteiger charge is 2.18. The van der Waals surface area contributed by atoms with Gasteiger partial charge in [-0.1, -0.05) is 11.6 Å². The Labute approximate surface area is 142 Å². The van der Waals surface area contributed by atoms with Crippen LogP contribution in [0.5, 0.6) is 11.5 Å². The minimum absolute atomic E-state index is 0.185. The molecule has 9 heteroatoms. The lowest BCUT2D eigenvalue weighted by Crippen LogP contribution is -2.40. The maximum absolute atomic E-state index is 12.4. The maximum atomic E-state index is 12.4. The fourth-order valence-electron chi connectivity index (χ4n) is 2.11. The van der Waals surface area contributed by atoms with Gasteiger partial charge in [0.25, 0.3) is 11.5 Å². The largest absolute Gasteiger partial charge is 0.495 e. The summed E-state index contributed by atoms with van der Waals surface area (Å²) in [5.74, 6) is -0.0502. The number of aryl methyl sites for hydroxylation is 1. The van der Waals surface area contributed by atoms with Crippen LogP contribution in [-0.2, 0) is 14.1 Å². The van der Waals surface area contributed by atoms with Crippen molar-refractivity contribution in [3.8, 4) is 11.5 Å². The molecular weight excluding hydrogens is 338 g/mol. The summed E-state index contributed by atoms with van der Waals surface area (Å²) in [4.78, 5) is 36.2. The summed E-state index contributed by atoms with van der Waals surface area (Å²) in [5, 5.41) is 2.87. The van der Waals surface area contributed by atoms with Gasteiger partial charge >= 0.3 is 5.69 Å². The van der Waals surface area contributed by atoms with E-state index in [0.29, 0.717) is 16.5 Å². The topological polar surface area (TPSA) is 91.6 Å². The highest BCUT2D eigenvalue weighted by Crippen LogP contribution is 2.35. The quantitative estimate of drug-likeness (QED) is 0.885. The molecule has 0 saturated carbocycles. The second kappa shape index (κ2) is 6.79. The van der Waals surface area contributed by atoms with E-state index in [9.17, 15) is 14.4 Å². The Hall–Kier alpha value is -2.74. The molecule has 8 nitrogen and oxygen atoms in total. The fourth-order valence-corrected chi connectivity index (χ4v) is 2.34. The van der Waals surface area contributed by atoms with Gasteiger partial charge in [-0.15, -0.1) is 0 Å². The van der Waals surface area contributed by atoms with E-state index < -0.39 is 17.2 Å². The van der Waals surface area contributed by atoms with E-state index in [4.69, 9.17) is 21.1 Å². The van der Waals surface area contributed by atoms with Crippen LogP contribution in [0, 0.1) is 0 Å². The number of benzene rings is 1. The first-order valence-corrected chi connectivity index (χ1v) is 7.17. The molecule has 0 fully saturated rings. The number of nitrogens with zero attached hydrogens (tertiary/aromatic N) is 2. The van der Waals surface area contributed by atoms with Crippen molar-refractivity contribution >= 4 is 23.2 Å². The Morgan fingerprint density at radius 2 is 1.75 bits per heavy atom. The molecule has 0 radical (unpaired) electrons. The summed E-state index contributed by atoms with van der Waals surface area (Å²) in [6.45, 7) is 0. The predicted molar refractivity (Wildman–Crippen MR) is 89.4 cm³/mol. The van der Waals surface area contributed by atoms with Crippen molar-refractivity contribution in [1.82, 2.24) is 9.13 Å². The first kappa shape index (κ1) is 17.6. The maximum Gasteiger partial charge on any atom is 0.330 e. The predicted octanol–water partition coefficient (Wildman–Crippen LogP) is 1.01. The Morgan fingerprint density at radius 3 is 2.33 bits per heavy atom. The first-order valence-electron chi connectivity index (χ1n) is 6.79. The molecule has 0 unspecified atom stereocenters. The number of aromatic nitrogens is 2. The number of anilines is 1. The van der Waals surface area contributed by atoms with Gasteiger partial charge in [0.05, 0.1) is 24.9 Å². The lowest BCUT2D eigenvalue weighted by Gasteiger charge is -2.13. The van der Waals surface area contributed by atoms with Crippen molar-refractivity contribution < 1.29 is 14.3 Å². The molecule has 128 valence electrons. The van der Waals surface area contributed by atoms with Gasteiger partial charge in [-0.3, -0.25) is 14.2 Å². The molecule has 0 spiro atoms. The lowest BCUT2D eigenvalue weighted by atomic mass is 10.2. The smallest absolute Gasteiger partial charge is 0.330 e. The minimum Gasteiger partial charge on any atom is -0.495 e. The van der Waals surface area contributed by atoms with Crippen LogP contribution in [0.2, 0.25) is 5.02 Å². The average molecular weight is 354 g/mol. The number of hydrogen-bond acceptors (Lipinski definition) is 5. The fraction of sp³-hybridized carbons (Fsp3) is 0.267. The van der Waals surface area contributed by atoms with Gasteiger partial charge < -0.3 is 19.4 Å². The molecule has 1 aromatic heterocycles. The summed E-state index contributed by atoms with van der Waals surface area (Å²) in [5.41, 5.74) is -1.13. The number of carbonyl (C=O) groups excluding carboxylic acids is 1. The molecule has 2 aromatic rings. The standard InChI is InChI=1S/C15H16ClN3O5/c1-18-7-8(14(21)19(2)15(18)22)13(20)17-10-6-11(23-3)9(16)5-12(10)24-4/h5-7H,1-4H3,(H,17,20). The van der Waals surface area contributed by atoms with E-state index in [2.05, 4.69) is 5.32 Å². The lowest BCUT2D eigenvalue weighted by molar-refractivity contribution is 0.102. The number of methoxy groups -OCH3 is 2. The van der Waals surface area contributed by atoms with E-state index >= 15 is 0 Å². The molecule has 0 atom stereocenters. The highest BCUT2D eigenvalue weighted by atomic mass is 35.5. The third-order valence-corrected chi connectivity index (χ3v) is 3.71. The van der Waals surface area contributed by atoms with Gasteiger partial charge in [0.1, 0.15) is 17.1 Å². The first-order chi connectivity index (χ1) is 11.3. The number of halogens is 1. The van der Waals surface area contributed by atoms with Gasteiger partial charge in [-0.25, -0.2) is 4.79 Å². The van der Waals surface area contributed by atoms with Crippen LogP contribution in [0.4, 0.5) is 5.69 Å². The van der Waals surface area contributed by atoms with E-state index in [1.807, 2.05) is 0 Å². The van der Waals surface area contributed by atoms with Gasteiger partial charge in [0.15, 0.2) is 0 Å². The van der Waals surface area contributed by atoms with Crippen molar-refractivity contribution in [2.75, 3.05) is 19.5 Å². The summed E-state index contributed by atoms with van der Waals surface area (Å²) in [6, 6.07) is 2.96. The van der Waals surface area contributed by atoms with Crippen LogP contribution >= 0.6 is 11.6 Å². The van der Waals surface area contributed by atoms with Crippen LogP contribution in [0.25, 0.3) is 0 Å². The zero-order valence-corrected chi connectivity index (χ0v) is 14.3. The number of hydrogen-bond donors (Lipinski definition) is 1. The van der Waals surface area contributed by atoms with Crippen molar-refractivity contribution in [3.05, 3.63) is 49.8 Å². The molecule has 1 N–H and O–H groups in total. The third-order valence-electron chi connectivity index (χ3n) is 3.41. The summed E-state index contributed by atoms with van der Waals surface area (Å²) < 4.78 is 12.3. The second-order valence-electron chi connectivity index (χ2n) is 4.94. The van der Waals surface area contributed by atoms with Gasteiger partial charge in [-0.05, 0) is 0 Å². The van der Waals surface area contributed by atoms with Crippen LogP contribution in [-0.4, -0.2) is 29.3 Å². The van der Waals surface area contributed by atoms with Gasteiger partial charge in [-0.2, -0.15) is 0 Å². The Balaban J connectivity index is 2.48. The van der Waals surface area contributed by atoms with E-state index in [0.717, 1.165) is 9.13 Å². The molecule has 0 bridgehead atoms. The van der Waals surface area contributed by atoms with Crippen molar-refractivity contribution in [2.45, 2.75) is 0 Å². The molecular formula is C15H16ClN3O5. The van der Waals surface area contributed by atoms with Gasteiger partial charge in [0, 0.05) is 32.4 Å². The molecule has 2 rings (SSSR count). The molecule has 0 aliphatic heterocycles. The average Bonchev–Trinajstić information content (AvgIpc) is 2.57. The van der Waals surface area contributed by atoms with Crippen LogP contribution < -0.4 is 26.0 Å². The normalized spacial score (nSPS) is 10.4. The SMILES string of the molecule is COc1cc(NC(=O)c2cn(C)c(=O)n(C)c2=O)c(OC)cc1Cl. The van der Waals surface area contributed by atoms with Crippen molar-refractivity contribution in [3.63, 3.8) is 0 Å². The van der Waals surface area contributed by atoms with E-state index in [1.54, 1.807) is 0 Å². The summed E-state index contributed by atoms with van der Waals surface area (Å²) in [7, 11) is 5.60. The Morgan fingerprint density at radius 1 is 1.12 bits per heavy atom. The molecule has 0 saturated heterocycles. The Kier molecular flexibility index (Phi) is 4.99. The Bertz CT molecular complexity index is 917. The van der Waals surface area contributed by atoms with Crippen molar-refractivity contribution in [1.29, 1.82) is 0 Å². The molecule has 0 aliphatic rings. The molecule has 1 heterocycles. The second-order valence-corrected chi connectivity index (χ2v) is 5.35. The van der Waals surface area contributed by atoms with Crippen molar-refractivity contribution in [2.24, 2.45) is 14.1 Å². The highest BCUT2D eigenvalue weighted by molar-refractivity contribution is 6.32. The van der Waals surface area contributed by atoms with Crippen LogP contribution in [0.15, 0.2) is 27.9 Å². The van der Waals surface area contributed by atoms with Gasteiger partial charge in [0.2, 0.25) is 0 Å². The van der Waals surface area contributed by atoms with Crippen LogP contribution in [0.1, 0.15) is 10.4 Å². The zero-order chi connectivity index (χ0) is 18.0. The van der Waals surface area contributed by atoms with Crippen LogP contribution in [0.3, 0.4) is 0 Å². The number of rotatable bonds is 4. The van der Waals surface area contributed by atoms with E-state index in [1.165, 1.54) is 46.6 Å². The number of carbonyl (C=O) groups is 1. The number of nitrogens with one attached hydrogen (secondary N) is 1.